The molecule has 0 bridgehead atoms. The van der Waals surface area contributed by atoms with E-state index in [4.69, 9.17) is 11.6 Å². The summed E-state index contributed by atoms with van der Waals surface area (Å²) in [6.45, 7) is 7.09. The second-order valence-corrected chi connectivity index (χ2v) is 10.3. The Morgan fingerprint density at radius 1 is 1.07 bits per heavy atom. The maximum Gasteiger partial charge on any atom is 0.260 e. The quantitative estimate of drug-likeness (QED) is 0.494. The standard InChI is InChI=1S/C21H24ClN3O3S2/c1-4-24(5-2)13-14-25(21-23-19-17(22)7-6-8-18(19)29-21)20(26)15-9-11-16(12-10-15)30(3,27)28/h6-12H,4-5,13-14H2,1-3H3. The highest BCUT2D eigenvalue weighted by atomic mass is 35.5. The second kappa shape index (κ2) is 9.43. The summed E-state index contributed by atoms with van der Waals surface area (Å²) >= 11 is 7.69. The van der Waals surface area contributed by atoms with Crippen LogP contribution < -0.4 is 4.90 Å². The van der Waals surface area contributed by atoms with Gasteiger partial charge >= 0.3 is 0 Å². The van der Waals surface area contributed by atoms with Crippen molar-refractivity contribution < 1.29 is 13.2 Å². The fourth-order valence-corrected chi connectivity index (χ4v) is 5.00. The van der Waals surface area contributed by atoms with Gasteiger partial charge in [0.05, 0.1) is 14.6 Å². The lowest BCUT2D eigenvalue weighted by Gasteiger charge is -2.24. The van der Waals surface area contributed by atoms with Crippen LogP contribution in [0.1, 0.15) is 24.2 Å². The Hall–Kier alpha value is -2.00. The third-order valence-corrected chi connectivity index (χ3v) is 7.38. The molecule has 0 N–H and O–H groups in total. The van der Waals surface area contributed by atoms with Gasteiger partial charge in [0, 0.05) is 24.9 Å². The number of fused-ring (bicyclic) bond motifs is 1. The summed E-state index contributed by atoms with van der Waals surface area (Å²) in [6.07, 6.45) is 1.14. The van der Waals surface area contributed by atoms with Crippen molar-refractivity contribution >= 4 is 54.0 Å². The van der Waals surface area contributed by atoms with Crippen LogP contribution in [0.25, 0.3) is 10.2 Å². The Labute approximate surface area is 186 Å². The zero-order valence-corrected chi connectivity index (χ0v) is 19.5. The molecule has 0 saturated heterocycles. The van der Waals surface area contributed by atoms with Crippen LogP contribution in [0, 0.1) is 0 Å². The second-order valence-electron chi connectivity index (χ2n) is 6.86. The van der Waals surface area contributed by atoms with Crippen molar-refractivity contribution in [3.8, 4) is 0 Å². The Bertz CT molecular complexity index is 1140. The molecular formula is C21H24ClN3O3S2. The van der Waals surface area contributed by atoms with Crippen LogP contribution in [-0.2, 0) is 9.84 Å². The van der Waals surface area contributed by atoms with Gasteiger partial charge < -0.3 is 4.90 Å². The van der Waals surface area contributed by atoms with Crippen molar-refractivity contribution in [2.75, 3.05) is 37.3 Å². The Morgan fingerprint density at radius 3 is 2.30 bits per heavy atom. The summed E-state index contributed by atoms with van der Waals surface area (Å²) in [5.74, 6) is -0.225. The zero-order valence-electron chi connectivity index (χ0n) is 17.1. The van der Waals surface area contributed by atoms with Gasteiger partial charge in [-0.3, -0.25) is 9.69 Å². The molecular weight excluding hydrogens is 442 g/mol. The number of anilines is 1. The number of nitrogens with zero attached hydrogens (tertiary/aromatic N) is 3. The van der Waals surface area contributed by atoms with Gasteiger partial charge in [0.25, 0.3) is 5.91 Å². The average molecular weight is 466 g/mol. The maximum absolute atomic E-state index is 13.3. The van der Waals surface area contributed by atoms with Gasteiger partial charge in [0.1, 0.15) is 5.52 Å². The first-order valence-corrected chi connectivity index (χ1v) is 12.7. The van der Waals surface area contributed by atoms with Gasteiger partial charge in [-0.25, -0.2) is 13.4 Å². The van der Waals surface area contributed by atoms with Crippen LogP contribution in [-0.4, -0.2) is 56.6 Å². The molecule has 0 aliphatic carbocycles. The highest BCUT2D eigenvalue weighted by molar-refractivity contribution is 7.90. The molecule has 0 spiro atoms. The molecule has 6 nitrogen and oxygen atoms in total. The van der Waals surface area contributed by atoms with Crippen molar-refractivity contribution in [3.63, 3.8) is 0 Å². The number of carbonyl (C=O) groups is 1. The fraction of sp³-hybridized carbons (Fsp3) is 0.333. The third kappa shape index (κ3) is 5.00. The van der Waals surface area contributed by atoms with E-state index in [1.54, 1.807) is 23.1 Å². The van der Waals surface area contributed by atoms with Gasteiger partial charge in [-0.15, -0.1) is 0 Å². The van der Waals surface area contributed by atoms with Gasteiger partial charge in [-0.05, 0) is 49.5 Å². The van der Waals surface area contributed by atoms with Crippen molar-refractivity contribution in [2.45, 2.75) is 18.7 Å². The van der Waals surface area contributed by atoms with Crippen LogP contribution in [0.2, 0.25) is 5.02 Å². The molecule has 1 heterocycles. The molecule has 0 radical (unpaired) electrons. The minimum Gasteiger partial charge on any atom is -0.302 e. The topological polar surface area (TPSA) is 70.6 Å². The summed E-state index contributed by atoms with van der Waals surface area (Å²) in [5.41, 5.74) is 1.08. The largest absolute Gasteiger partial charge is 0.302 e. The molecule has 1 amide bonds. The molecule has 0 unspecified atom stereocenters. The number of thiazole rings is 1. The van der Waals surface area contributed by atoms with E-state index in [0.717, 1.165) is 24.0 Å². The molecule has 1 aromatic heterocycles. The van der Waals surface area contributed by atoms with E-state index in [-0.39, 0.29) is 10.8 Å². The molecule has 0 aliphatic rings. The molecule has 0 atom stereocenters. The third-order valence-electron chi connectivity index (χ3n) is 4.90. The summed E-state index contributed by atoms with van der Waals surface area (Å²) in [4.78, 5) is 22.0. The highest BCUT2D eigenvalue weighted by Gasteiger charge is 2.23. The molecule has 0 saturated carbocycles. The number of likely N-dealkylation sites (N-methyl/N-ethyl adjacent to an activating group) is 1. The number of amides is 1. The summed E-state index contributed by atoms with van der Waals surface area (Å²) in [7, 11) is -3.32. The van der Waals surface area contributed by atoms with Crippen LogP contribution in [0.3, 0.4) is 0 Å². The number of halogens is 1. The zero-order chi connectivity index (χ0) is 21.9. The van der Waals surface area contributed by atoms with Crippen molar-refractivity contribution in [1.29, 1.82) is 0 Å². The Kier molecular flexibility index (Phi) is 7.13. The van der Waals surface area contributed by atoms with Crippen LogP contribution in [0.5, 0.6) is 0 Å². The summed E-state index contributed by atoms with van der Waals surface area (Å²) < 4.78 is 24.4. The molecule has 160 valence electrons. The van der Waals surface area contributed by atoms with E-state index >= 15 is 0 Å². The first kappa shape index (κ1) is 22.7. The fourth-order valence-electron chi connectivity index (χ4n) is 3.08. The maximum atomic E-state index is 13.3. The molecule has 3 aromatic rings. The number of hydrogen-bond donors (Lipinski definition) is 0. The lowest BCUT2D eigenvalue weighted by atomic mass is 10.2. The monoisotopic (exact) mass is 465 g/mol. The molecule has 30 heavy (non-hydrogen) atoms. The van der Waals surface area contributed by atoms with Crippen molar-refractivity contribution in [1.82, 2.24) is 9.88 Å². The normalized spacial score (nSPS) is 11.9. The highest BCUT2D eigenvalue weighted by Crippen LogP contribution is 2.33. The number of sulfone groups is 1. The van der Waals surface area contributed by atoms with Gasteiger partial charge in [-0.1, -0.05) is 42.9 Å². The predicted molar refractivity (Wildman–Crippen MR) is 124 cm³/mol. The first-order valence-electron chi connectivity index (χ1n) is 9.64. The smallest absolute Gasteiger partial charge is 0.260 e. The van der Waals surface area contributed by atoms with E-state index in [9.17, 15) is 13.2 Å². The molecule has 3 rings (SSSR count). The number of hydrogen-bond acceptors (Lipinski definition) is 6. The number of benzene rings is 2. The molecule has 0 aliphatic heterocycles. The van der Waals surface area contributed by atoms with Crippen LogP contribution >= 0.6 is 22.9 Å². The molecule has 2 aromatic carbocycles. The summed E-state index contributed by atoms with van der Waals surface area (Å²) in [5, 5.41) is 1.12. The lowest BCUT2D eigenvalue weighted by molar-refractivity contribution is 0.0983. The Morgan fingerprint density at radius 2 is 1.73 bits per heavy atom. The summed E-state index contributed by atoms with van der Waals surface area (Å²) in [6, 6.07) is 11.6. The predicted octanol–water partition coefficient (Wildman–Crippen LogP) is 4.34. The van der Waals surface area contributed by atoms with E-state index in [1.807, 2.05) is 12.1 Å². The van der Waals surface area contributed by atoms with Crippen molar-refractivity contribution in [2.24, 2.45) is 0 Å². The number of para-hydroxylation sites is 1. The minimum absolute atomic E-state index is 0.181. The van der Waals surface area contributed by atoms with Crippen LogP contribution in [0.4, 0.5) is 5.13 Å². The van der Waals surface area contributed by atoms with Gasteiger partial charge in [0.2, 0.25) is 0 Å². The lowest BCUT2D eigenvalue weighted by Crippen LogP contribution is -2.38. The number of rotatable bonds is 8. The van der Waals surface area contributed by atoms with Gasteiger partial charge in [0.15, 0.2) is 15.0 Å². The van der Waals surface area contributed by atoms with Gasteiger partial charge in [-0.2, -0.15) is 0 Å². The number of carbonyl (C=O) groups excluding carboxylic acids is 1. The number of aromatic nitrogens is 1. The molecule has 0 fully saturated rings. The van der Waals surface area contributed by atoms with E-state index in [2.05, 4.69) is 23.7 Å². The Balaban J connectivity index is 1.97. The van der Waals surface area contributed by atoms with E-state index in [1.165, 1.54) is 23.5 Å². The average Bonchev–Trinajstić information content (AvgIpc) is 3.16. The van der Waals surface area contributed by atoms with Crippen molar-refractivity contribution in [3.05, 3.63) is 53.1 Å². The van der Waals surface area contributed by atoms with Crippen LogP contribution in [0.15, 0.2) is 47.4 Å². The first-order chi connectivity index (χ1) is 14.2. The van der Waals surface area contributed by atoms with E-state index in [0.29, 0.717) is 34.3 Å². The SMILES string of the molecule is CCN(CC)CCN(C(=O)c1ccc(S(C)(=O)=O)cc1)c1nc2c(Cl)cccc2s1. The van der Waals surface area contributed by atoms with E-state index < -0.39 is 9.84 Å². The minimum atomic E-state index is -3.32. The molecule has 9 heteroatoms.